The van der Waals surface area contributed by atoms with Crippen LogP contribution in [0.5, 0.6) is 0 Å². The van der Waals surface area contributed by atoms with Crippen LogP contribution in [0.4, 0.5) is 13.2 Å². The molecule has 3 rings (SSSR count). The fourth-order valence-electron chi connectivity index (χ4n) is 2.85. The van der Waals surface area contributed by atoms with Gasteiger partial charge in [0.15, 0.2) is 0 Å². The van der Waals surface area contributed by atoms with Crippen molar-refractivity contribution in [1.82, 2.24) is 9.80 Å². The van der Waals surface area contributed by atoms with E-state index < -0.39 is 18.3 Å². The molecule has 1 aromatic heterocycles. The van der Waals surface area contributed by atoms with Gasteiger partial charge < -0.3 is 14.4 Å². The Morgan fingerprint density at radius 1 is 1.24 bits per heavy atom. The zero-order chi connectivity index (χ0) is 18.2. The van der Waals surface area contributed by atoms with E-state index in [1.807, 2.05) is 4.90 Å². The van der Waals surface area contributed by atoms with Gasteiger partial charge in [-0.15, -0.1) is 0 Å². The molecule has 0 atom stereocenters. The van der Waals surface area contributed by atoms with Crippen molar-refractivity contribution in [2.24, 2.45) is 0 Å². The highest BCUT2D eigenvalue weighted by molar-refractivity contribution is 6.36. The summed E-state index contributed by atoms with van der Waals surface area (Å²) >= 11 is 6.21. The van der Waals surface area contributed by atoms with Crippen molar-refractivity contribution in [2.45, 2.75) is 12.7 Å². The van der Waals surface area contributed by atoms with E-state index in [0.717, 1.165) is 12.1 Å². The second-order valence-corrected chi connectivity index (χ2v) is 6.24. The van der Waals surface area contributed by atoms with Crippen molar-refractivity contribution >= 4 is 28.5 Å². The average Bonchev–Trinajstić information content (AvgIpc) is 2.89. The highest BCUT2D eigenvalue weighted by Crippen LogP contribution is 2.36. The van der Waals surface area contributed by atoms with Gasteiger partial charge in [0.05, 0.1) is 17.1 Å². The number of carbonyl (C=O) groups is 1. The van der Waals surface area contributed by atoms with Gasteiger partial charge >= 0.3 is 6.18 Å². The van der Waals surface area contributed by atoms with Crippen LogP contribution >= 0.6 is 11.6 Å². The number of carbonyl (C=O) groups excluding carboxylic acids is 1. The number of hydrogen-bond acceptors (Lipinski definition) is 4. The lowest BCUT2D eigenvalue weighted by molar-refractivity contribution is -0.137. The second kappa shape index (κ2) is 6.86. The standard InChI is InChI=1S/C16H16ClF3N2O3/c17-15-11-7-10(16(18,19)20)1-2-12(11)25-13(15)8-21-3-5-22(6-4-21)14(24)9-23/h1-2,7,23H,3-6,8-9H2. The first-order valence-electron chi connectivity index (χ1n) is 7.68. The van der Waals surface area contributed by atoms with Crippen LogP contribution in [-0.2, 0) is 17.5 Å². The molecule has 9 heteroatoms. The van der Waals surface area contributed by atoms with Gasteiger partial charge in [-0.05, 0) is 18.2 Å². The maximum absolute atomic E-state index is 12.8. The molecule has 0 spiro atoms. The number of hydrogen-bond donors (Lipinski definition) is 1. The van der Waals surface area contributed by atoms with Crippen LogP contribution in [0.15, 0.2) is 22.6 Å². The number of piperazine rings is 1. The topological polar surface area (TPSA) is 56.9 Å². The average molecular weight is 377 g/mol. The molecule has 2 heterocycles. The predicted molar refractivity (Wildman–Crippen MR) is 85.2 cm³/mol. The first-order valence-corrected chi connectivity index (χ1v) is 8.06. The van der Waals surface area contributed by atoms with E-state index >= 15 is 0 Å². The maximum atomic E-state index is 12.8. The molecule has 0 radical (unpaired) electrons. The van der Waals surface area contributed by atoms with Gasteiger partial charge in [-0.1, -0.05) is 11.6 Å². The lowest BCUT2D eigenvalue weighted by Gasteiger charge is -2.33. The third-order valence-electron chi connectivity index (χ3n) is 4.25. The number of alkyl halides is 3. The van der Waals surface area contributed by atoms with Crippen molar-refractivity contribution in [3.63, 3.8) is 0 Å². The summed E-state index contributed by atoms with van der Waals surface area (Å²) in [5.74, 6) is 0.0824. The molecule has 1 saturated heterocycles. The number of furan rings is 1. The van der Waals surface area contributed by atoms with Crippen LogP contribution in [0.25, 0.3) is 11.0 Å². The van der Waals surface area contributed by atoms with Gasteiger partial charge in [0.25, 0.3) is 0 Å². The summed E-state index contributed by atoms with van der Waals surface area (Å²) in [7, 11) is 0. The number of aliphatic hydroxyl groups excluding tert-OH is 1. The lowest BCUT2D eigenvalue weighted by atomic mass is 10.1. The number of benzene rings is 1. The highest BCUT2D eigenvalue weighted by atomic mass is 35.5. The Hall–Kier alpha value is -1.77. The number of fused-ring (bicyclic) bond motifs is 1. The molecule has 0 bridgehead atoms. The van der Waals surface area contributed by atoms with Gasteiger partial charge in [0.1, 0.15) is 18.0 Å². The smallest absolute Gasteiger partial charge is 0.416 e. The summed E-state index contributed by atoms with van der Waals surface area (Å²) in [6.07, 6.45) is -4.44. The van der Waals surface area contributed by atoms with Gasteiger partial charge in [-0.2, -0.15) is 13.2 Å². The second-order valence-electron chi connectivity index (χ2n) is 5.86. The van der Waals surface area contributed by atoms with Crippen molar-refractivity contribution < 1.29 is 27.5 Å². The molecule has 0 aliphatic carbocycles. The van der Waals surface area contributed by atoms with Crippen molar-refractivity contribution in [2.75, 3.05) is 32.8 Å². The molecule has 2 aromatic rings. The summed E-state index contributed by atoms with van der Waals surface area (Å²) in [4.78, 5) is 15.0. The zero-order valence-corrected chi connectivity index (χ0v) is 13.9. The summed E-state index contributed by atoms with van der Waals surface area (Å²) in [6, 6.07) is 3.22. The minimum absolute atomic E-state index is 0.176. The van der Waals surface area contributed by atoms with E-state index in [-0.39, 0.29) is 16.3 Å². The molecule has 1 aliphatic heterocycles. The Balaban J connectivity index is 1.74. The molecule has 136 valence electrons. The summed E-state index contributed by atoms with van der Waals surface area (Å²) in [6.45, 7) is 1.89. The maximum Gasteiger partial charge on any atom is 0.416 e. The molecule has 25 heavy (non-hydrogen) atoms. The van der Waals surface area contributed by atoms with Crippen LogP contribution < -0.4 is 0 Å². The third-order valence-corrected chi connectivity index (χ3v) is 4.66. The van der Waals surface area contributed by atoms with Gasteiger partial charge in [0.2, 0.25) is 5.91 Å². The van der Waals surface area contributed by atoms with E-state index in [4.69, 9.17) is 21.1 Å². The number of aliphatic hydroxyl groups is 1. The van der Waals surface area contributed by atoms with E-state index in [1.165, 1.54) is 6.07 Å². The number of nitrogens with zero attached hydrogens (tertiary/aromatic N) is 2. The Bertz CT molecular complexity index is 783. The summed E-state index contributed by atoms with van der Waals surface area (Å²) in [5, 5.41) is 9.28. The van der Waals surface area contributed by atoms with Crippen LogP contribution in [0.1, 0.15) is 11.3 Å². The van der Waals surface area contributed by atoms with Crippen LogP contribution in [0, 0.1) is 0 Å². The molecule has 5 nitrogen and oxygen atoms in total. The summed E-state index contributed by atoms with van der Waals surface area (Å²) in [5.41, 5.74) is -0.465. The van der Waals surface area contributed by atoms with E-state index in [0.29, 0.717) is 44.1 Å². The van der Waals surface area contributed by atoms with Crippen molar-refractivity contribution in [3.05, 3.63) is 34.5 Å². The quantitative estimate of drug-likeness (QED) is 0.895. The van der Waals surface area contributed by atoms with Crippen molar-refractivity contribution in [1.29, 1.82) is 0 Å². The minimum Gasteiger partial charge on any atom is -0.458 e. The number of rotatable bonds is 3. The number of amides is 1. The van der Waals surface area contributed by atoms with Gasteiger partial charge in [-0.3, -0.25) is 9.69 Å². The molecule has 0 unspecified atom stereocenters. The number of halogens is 4. The van der Waals surface area contributed by atoms with Gasteiger partial charge in [0, 0.05) is 31.6 Å². The normalized spacial score (nSPS) is 16.6. The highest BCUT2D eigenvalue weighted by Gasteiger charge is 2.31. The minimum atomic E-state index is -4.44. The molecular weight excluding hydrogens is 361 g/mol. The van der Waals surface area contributed by atoms with Crippen molar-refractivity contribution in [3.8, 4) is 0 Å². The Morgan fingerprint density at radius 3 is 2.52 bits per heavy atom. The van der Waals surface area contributed by atoms with E-state index in [2.05, 4.69) is 0 Å². The lowest BCUT2D eigenvalue weighted by Crippen LogP contribution is -2.49. The first kappa shape index (κ1) is 18.0. The molecular formula is C16H16ClF3N2O3. The molecule has 1 N–H and O–H groups in total. The third kappa shape index (κ3) is 3.75. The fourth-order valence-corrected chi connectivity index (χ4v) is 3.10. The molecule has 1 fully saturated rings. The fraction of sp³-hybridized carbons (Fsp3) is 0.438. The van der Waals surface area contributed by atoms with Gasteiger partial charge in [-0.25, -0.2) is 0 Å². The Morgan fingerprint density at radius 2 is 1.92 bits per heavy atom. The Labute approximate surface area is 146 Å². The van der Waals surface area contributed by atoms with Crippen LogP contribution in [0.3, 0.4) is 0 Å². The monoisotopic (exact) mass is 376 g/mol. The van der Waals surface area contributed by atoms with E-state index in [1.54, 1.807) is 4.90 Å². The molecule has 1 amide bonds. The van der Waals surface area contributed by atoms with Crippen LogP contribution in [-0.4, -0.2) is 53.6 Å². The zero-order valence-electron chi connectivity index (χ0n) is 13.1. The SMILES string of the molecule is O=C(CO)N1CCN(Cc2oc3ccc(C(F)(F)F)cc3c2Cl)CC1. The van der Waals surface area contributed by atoms with Crippen LogP contribution in [0.2, 0.25) is 5.02 Å². The van der Waals surface area contributed by atoms with E-state index in [9.17, 15) is 18.0 Å². The molecule has 1 aliphatic rings. The largest absolute Gasteiger partial charge is 0.458 e. The first-order chi connectivity index (χ1) is 11.8. The molecule has 1 aromatic carbocycles. The molecule has 0 saturated carbocycles. The predicted octanol–water partition coefficient (Wildman–Crippen LogP) is 2.74. The Kier molecular flexibility index (Phi) is 4.95. The summed E-state index contributed by atoms with van der Waals surface area (Å²) < 4.78 is 44.1.